The van der Waals surface area contributed by atoms with E-state index in [1.807, 2.05) is 6.92 Å². The Morgan fingerprint density at radius 3 is 2.48 bits per heavy atom. The third-order valence-electron chi connectivity index (χ3n) is 4.75. The number of aryl methyl sites for hydroxylation is 1. The van der Waals surface area contributed by atoms with Gasteiger partial charge in [0.15, 0.2) is 9.84 Å². The summed E-state index contributed by atoms with van der Waals surface area (Å²) >= 11 is 0. The number of carbonyl (C=O) groups is 2. The van der Waals surface area contributed by atoms with E-state index in [1.54, 1.807) is 18.2 Å². The first-order valence-electron chi connectivity index (χ1n) is 9.39. The van der Waals surface area contributed by atoms with Gasteiger partial charge in [-0.05, 0) is 44.0 Å². The van der Waals surface area contributed by atoms with Gasteiger partial charge in [0.2, 0.25) is 0 Å². The molecule has 1 saturated heterocycles. The second kappa shape index (κ2) is 9.23. The summed E-state index contributed by atoms with van der Waals surface area (Å²) in [5, 5.41) is 3.76. The normalized spacial score (nSPS) is 17.6. The SMILES string of the molecule is Cc1ccc(S(=O)(=O)C(CNC(=O)C(=O)NCC2CCCO2)c2ccco2)cc1. The van der Waals surface area contributed by atoms with Crippen molar-refractivity contribution in [1.82, 2.24) is 10.6 Å². The molecule has 1 aromatic heterocycles. The number of nitrogens with one attached hydrogen (secondary N) is 2. The Hall–Kier alpha value is -2.65. The molecule has 3 rings (SSSR count). The van der Waals surface area contributed by atoms with Crippen LogP contribution in [0, 0.1) is 6.92 Å². The summed E-state index contributed by atoms with van der Waals surface area (Å²) in [5.74, 6) is -1.55. The molecule has 9 heteroatoms. The molecule has 156 valence electrons. The van der Waals surface area contributed by atoms with Gasteiger partial charge >= 0.3 is 11.8 Å². The van der Waals surface area contributed by atoms with Crippen molar-refractivity contribution in [2.24, 2.45) is 0 Å². The number of sulfone groups is 1. The Balaban J connectivity index is 1.67. The Kier molecular flexibility index (Phi) is 6.71. The van der Waals surface area contributed by atoms with Gasteiger partial charge in [-0.2, -0.15) is 0 Å². The van der Waals surface area contributed by atoms with Crippen LogP contribution in [-0.2, 0) is 24.2 Å². The lowest BCUT2D eigenvalue weighted by Crippen LogP contribution is -2.44. The Morgan fingerprint density at radius 1 is 1.14 bits per heavy atom. The predicted octanol–water partition coefficient (Wildman–Crippen LogP) is 1.51. The smallest absolute Gasteiger partial charge is 0.309 e. The molecular weight excluding hydrogens is 396 g/mol. The Labute approximate surface area is 169 Å². The molecule has 8 nitrogen and oxygen atoms in total. The zero-order valence-electron chi connectivity index (χ0n) is 16.1. The van der Waals surface area contributed by atoms with Crippen molar-refractivity contribution in [3.8, 4) is 0 Å². The largest absolute Gasteiger partial charge is 0.468 e. The number of amides is 2. The van der Waals surface area contributed by atoms with Gasteiger partial charge < -0.3 is 19.8 Å². The van der Waals surface area contributed by atoms with Crippen LogP contribution in [-0.4, -0.2) is 46.0 Å². The van der Waals surface area contributed by atoms with Gasteiger partial charge in [0.25, 0.3) is 0 Å². The second-order valence-corrected chi connectivity index (χ2v) is 9.05. The van der Waals surface area contributed by atoms with Crippen LogP contribution in [0.5, 0.6) is 0 Å². The minimum atomic E-state index is -3.85. The molecule has 0 radical (unpaired) electrons. The van der Waals surface area contributed by atoms with Crippen molar-refractivity contribution in [1.29, 1.82) is 0 Å². The summed E-state index contributed by atoms with van der Waals surface area (Å²) in [4.78, 5) is 24.3. The van der Waals surface area contributed by atoms with Crippen LogP contribution in [0.25, 0.3) is 0 Å². The zero-order chi connectivity index (χ0) is 20.9. The van der Waals surface area contributed by atoms with Crippen LogP contribution in [0.1, 0.15) is 29.4 Å². The number of furan rings is 1. The van der Waals surface area contributed by atoms with E-state index in [0.717, 1.165) is 18.4 Å². The van der Waals surface area contributed by atoms with Crippen molar-refractivity contribution in [3.63, 3.8) is 0 Å². The van der Waals surface area contributed by atoms with Crippen molar-refractivity contribution in [3.05, 3.63) is 54.0 Å². The highest BCUT2D eigenvalue weighted by atomic mass is 32.2. The highest BCUT2D eigenvalue weighted by Gasteiger charge is 2.32. The minimum absolute atomic E-state index is 0.0930. The number of carbonyl (C=O) groups excluding carboxylic acids is 2. The molecule has 2 unspecified atom stereocenters. The molecule has 2 aromatic rings. The van der Waals surface area contributed by atoms with Gasteiger partial charge in [0, 0.05) is 19.7 Å². The van der Waals surface area contributed by atoms with E-state index < -0.39 is 26.9 Å². The zero-order valence-corrected chi connectivity index (χ0v) is 16.9. The van der Waals surface area contributed by atoms with Crippen LogP contribution in [0.3, 0.4) is 0 Å². The van der Waals surface area contributed by atoms with Crippen LogP contribution in [0.2, 0.25) is 0 Å². The molecule has 2 heterocycles. The van der Waals surface area contributed by atoms with Crippen molar-refractivity contribution >= 4 is 21.7 Å². The number of ether oxygens (including phenoxy) is 1. The first-order valence-corrected chi connectivity index (χ1v) is 10.9. The molecule has 0 saturated carbocycles. The van der Waals surface area contributed by atoms with E-state index in [1.165, 1.54) is 24.5 Å². The maximum Gasteiger partial charge on any atom is 0.309 e. The molecule has 0 bridgehead atoms. The van der Waals surface area contributed by atoms with Crippen molar-refractivity contribution in [2.75, 3.05) is 19.7 Å². The van der Waals surface area contributed by atoms with Crippen LogP contribution in [0.4, 0.5) is 0 Å². The average Bonchev–Trinajstić information content (AvgIpc) is 3.40. The molecule has 0 aliphatic carbocycles. The lowest BCUT2D eigenvalue weighted by molar-refractivity contribution is -0.139. The van der Waals surface area contributed by atoms with E-state index in [2.05, 4.69) is 10.6 Å². The third-order valence-corrected chi connectivity index (χ3v) is 6.83. The molecule has 2 atom stereocenters. The Bertz CT molecular complexity index is 932. The molecule has 2 amide bonds. The fraction of sp³-hybridized carbons (Fsp3) is 0.400. The molecule has 1 aromatic carbocycles. The van der Waals surface area contributed by atoms with E-state index in [0.29, 0.717) is 6.61 Å². The lowest BCUT2D eigenvalue weighted by atomic mass is 10.2. The van der Waals surface area contributed by atoms with Gasteiger partial charge in [-0.3, -0.25) is 9.59 Å². The summed E-state index contributed by atoms with van der Waals surface area (Å²) in [6.45, 7) is 2.45. The van der Waals surface area contributed by atoms with Gasteiger partial charge in [-0.15, -0.1) is 0 Å². The van der Waals surface area contributed by atoms with Crippen LogP contribution >= 0.6 is 0 Å². The summed E-state index contributed by atoms with van der Waals surface area (Å²) in [5.41, 5.74) is 0.926. The highest BCUT2D eigenvalue weighted by molar-refractivity contribution is 7.91. The van der Waals surface area contributed by atoms with Gasteiger partial charge in [0.1, 0.15) is 11.0 Å². The monoisotopic (exact) mass is 420 g/mol. The molecule has 1 aliphatic rings. The van der Waals surface area contributed by atoms with Crippen molar-refractivity contribution < 1.29 is 27.2 Å². The molecule has 0 spiro atoms. The summed E-state index contributed by atoms with van der Waals surface area (Å²) in [7, 11) is -3.85. The molecule has 1 fully saturated rings. The highest BCUT2D eigenvalue weighted by Crippen LogP contribution is 2.29. The molecule has 2 N–H and O–H groups in total. The Morgan fingerprint density at radius 2 is 1.86 bits per heavy atom. The number of rotatable bonds is 7. The molecular formula is C20H24N2O6S. The number of hydrogen-bond acceptors (Lipinski definition) is 6. The third kappa shape index (κ3) is 5.24. The van der Waals surface area contributed by atoms with E-state index in [9.17, 15) is 18.0 Å². The van der Waals surface area contributed by atoms with Crippen LogP contribution < -0.4 is 10.6 Å². The maximum atomic E-state index is 13.1. The quantitative estimate of drug-likeness (QED) is 0.657. The van der Waals surface area contributed by atoms with Crippen molar-refractivity contribution in [2.45, 2.75) is 36.0 Å². The average molecular weight is 420 g/mol. The molecule has 1 aliphatic heterocycles. The molecule has 29 heavy (non-hydrogen) atoms. The minimum Gasteiger partial charge on any atom is -0.468 e. The topological polar surface area (TPSA) is 115 Å². The second-order valence-electron chi connectivity index (χ2n) is 6.92. The standard InChI is InChI=1S/C20H24N2O6S/c1-14-6-8-16(9-7-14)29(25,26)18(17-5-3-11-28-17)13-22-20(24)19(23)21-12-15-4-2-10-27-15/h3,5-9,11,15,18H,2,4,10,12-13H2,1H3,(H,21,23)(H,22,24). The van der Waals surface area contributed by atoms with E-state index >= 15 is 0 Å². The summed E-state index contributed by atoms with van der Waals surface area (Å²) in [6.07, 6.45) is 3.03. The predicted molar refractivity (Wildman–Crippen MR) is 105 cm³/mol. The number of hydrogen-bond donors (Lipinski definition) is 2. The fourth-order valence-electron chi connectivity index (χ4n) is 3.09. The first-order chi connectivity index (χ1) is 13.9. The summed E-state index contributed by atoms with van der Waals surface area (Å²) < 4.78 is 36.9. The van der Waals surface area contributed by atoms with Gasteiger partial charge in [-0.25, -0.2) is 8.42 Å². The van der Waals surface area contributed by atoms with Crippen LogP contribution in [0.15, 0.2) is 52.0 Å². The lowest BCUT2D eigenvalue weighted by Gasteiger charge is -2.17. The van der Waals surface area contributed by atoms with E-state index in [4.69, 9.17) is 9.15 Å². The van der Waals surface area contributed by atoms with E-state index in [-0.39, 0.29) is 29.8 Å². The maximum absolute atomic E-state index is 13.1. The number of benzene rings is 1. The van der Waals surface area contributed by atoms with Gasteiger partial charge in [-0.1, -0.05) is 17.7 Å². The fourth-order valence-corrected chi connectivity index (χ4v) is 4.67. The van der Waals surface area contributed by atoms with Gasteiger partial charge in [0.05, 0.1) is 17.3 Å². The first kappa shape index (κ1) is 21.1. The summed E-state index contributed by atoms with van der Waals surface area (Å²) in [6, 6.07) is 9.52.